The van der Waals surface area contributed by atoms with Crippen LogP contribution in [-0.4, -0.2) is 28.6 Å². The summed E-state index contributed by atoms with van der Waals surface area (Å²) in [5, 5.41) is 9.43. The first-order chi connectivity index (χ1) is 14.3. The number of fused-ring (bicyclic) bond motifs is 1. The van der Waals surface area contributed by atoms with Crippen LogP contribution in [0.15, 0.2) is 35.5 Å². The molecular formula is C23H21FN4OS. The van der Waals surface area contributed by atoms with E-state index in [1.807, 2.05) is 13.8 Å². The van der Waals surface area contributed by atoms with E-state index in [2.05, 4.69) is 27.9 Å². The number of nitriles is 1. The summed E-state index contributed by atoms with van der Waals surface area (Å²) in [5.41, 5.74) is 8.41. The van der Waals surface area contributed by atoms with Gasteiger partial charge in [0, 0.05) is 30.4 Å². The van der Waals surface area contributed by atoms with E-state index >= 15 is 0 Å². The minimum Gasteiger partial charge on any atom is -0.383 e. The Balaban J connectivity index is 1.70. The fraction of sp³-hybridized carbons (Fsp3) is 0.348. The van der Waals surface area contributed by atoms with Crippen LogP contribution in [0.25, 0.3) is 0 Å². The summed E-state index contributed by atoms with van der Waals surface area (Å²) in [7, 11) is 1.67. The number of nitrogens with two attached hydrogens (primary N) is 1. The van der Waals surface area contributed by atoms with Gasteiger partial charge in [-0.15, -0.1) is 0 Å². The fourth-order valence-electron chi connectivity index (χ4n) is 4.22. The van der Waals surface area contributed by atoms with Gasteiger partial charge < -0.3 is 10.5 Å². The number of halogens is 1. The number of rotatable bonds is 3. The molecule has 3 atom stereocenters. The van der Waals surface area contributed by atoms with E-state index in [1.54, 1.807) is 25.3 Å². The summed E-state index contributed by atoms with van der Waals surface area (Å²) in [6, 6.07) is 8.63. The molecule has 0 radical (unpaired) electrons. The van der Waals surface area contributed by atoms with E-state index in [0.29, 0.717) is 34.2 Å². The van der Waals surface area contributed by atoms with Gasteiger partial charge in [-0.3, -0.25) is 4.99 Å². The molecule has 7 heteroatoms. The Labute approximate surface area is 179 Å². The molecule has 1 aliphatic heterocycles. The van der Waals surface area contributed by atoms with Crippen molar-refractivity contribution in [1.82, 2.24) is 4.98 Å². The molecule has 1 aromatic carbocycles. The Bertz CT molecular complexity index is 1160. The molecule has 30 heavy (non-hydrogen) atoms. The summed E-state index contributed by atoms with van der Waals surface area (Å²) in [6.07, 6.45) is 2.36. The van der Waals surface area contributed by atoms with Crippen LogP contribution in [0.3, 0.4) is 0 Å². The average molecular weight is 421 g/mol. The van der Waals surface area contributed by atoms with Crippen LogP contribution in [0.2, 0.25) is 0 Å². The topological polar surface area (TPSA) is 84.3 Å². The lowest BCUT2D eigenvalue weighted by Crippen LogP contribution is -2.37. The third kappa shape index (κ3) is 3.45. The zero-order chi connectivity index (χ0) is 21.5. The molecule has 1 unspecified atom stereocenters. The minimum atomic E-state index is -0.766. The van der Waals surface area contributed by atoms with Gasteiger partial charge >= 0.3 is 0 Å². The highest BCUT2D eigenvalue weighted by Gasteiger charge is 2.66. The SMILES string of the molecule is COC[C@]12CC1[C@@](C)(c1cc(C#Cc3ncc(C#N)cc3C)ccc1F)N=C(N)S2. The molecule has 2 aliphatic rings. The van der Waals surface area contributed by atoms with E-state index in [9.17, 15) is 4.39 Å². The zero-order valence-electron chi connectivity index (χ0n) is 17.0. The Morgan fingerprint density at radius 3 is 2.83 bits per heavy atom. The highest BCUT2D eigenvalue weighted by molar-refractivity contribution is 8.15. The van der Waals surface area contributed by atoms with Gasteiger partial charge in [-0.25, -0.2) is 9.37 Å². The van der Waals surface area contributed by atoms with Gasteiger partial charge in [0.25, 0.3) is 0 Å². The van der Waals surface area contributed by atoms with Gasteiger partial charge in [0.1, 0.15) is 17.6 Å². The molecule has 4 rings (SSSR count). The average Bonchev–Trinajstić information content (AvgIpc) is 3.43. The summed E-state index contributed by atoms with van der Waals surface area (Å²) in [4.78, 5) is 8.90. The lowest BCUT2D eigenvalue weighted by Gasteiger charge is -2.34. The second-order valence-electron chi connectivity index (χ2n) is 7.90. The molecule has 2 N–H and O–H groups in total. The van der Waals surface area contributed by atoms with Crippen LogP contribution < -0.4 is 5.73 Å². The first kappa shape index (κ1) is 20.4. The summed E-state index contributed by atoms with van der Waals surface area (Å²) >= 11 is 1.53. The number of pyridine rings is 1. The molecule has 5 nitrogen and oxygen atoms in total. The molecular weight excluding hydrogens is 399 g/mol. The number of ether oxygens (including phenoxy) is 1. The molecule has 152 valence electrons. The number of benzene rings is 1. The van der Waals surface area contributed by atoms with Gasteiger partial charge in [0.05, 0.1) is 22.5 Å². The van der Waals surface area contributed by atoms with E-state index in [1.165, 1.54) is 24.0 Å². The van der Waals surface area contributed by atoms with Crippen molar-refractivity contribution in [3.05, 3.63) is 64.2 Å². The third-order valence-electron chi connectivity index (χ3n) is 5.79. The van der Waals surface area contributed by atoms with E-state index in [0.717, 1.165) is 12.0 Å². The minimum absolute atomic E-state index is 0.141. The van der Waals surface area contributed by atoms with E-state index < -0.39 is 5.54 Å². The molecule has 0 spiro atoms. The quantitative estimate of drug-likeness (QED) is 0.769. The number of methoxy groups -OCH3 is 1. The zero-order valence-corrected chi connectivity index (χ0v) is 17.8. The normalized spacial score (nSPS) is 26.6. The molecule has 0 bridgehead atoms. The Kier molecular flexibility index (Phi) is 5.05. The second kappa shape index (κ2) is 7.43. The monoisotopic (exact) mass is 420 g/mol. The standard InChI is InChI=1S/C23H21FN4OS/c1-14-8-16(11-25)12-27-19(14)7-5-15-4-6-18(24)17(9-15)22(2)20-10-23(20,13-29-3)30-21(26)28-22/h4,6,8-9,12,20H,10,13H2,1-3H3,(H2,26,28)/t20?,22-,23-/m1/s1. The Morgan fingerprint density at radius 2 is 2.13 bits per heavy atom. The van der Waals surface area contributed by atoms with Gasteiger partial charge in [-0.2, -0.15) is 5.26 Å². The molecule has 1 saturated carbocycles. The predicted molar refractivity (Wildman–Crippen MR) is 115 cm³/mol. The smallest absolute Gasteiger partial charge is 0.155 e. The van der Waals surface area contributed by atoms with Crippen LogP contribution in [0.5, 0.6) is 0 Å². The molecule has 1 aromatic heterocycles. The van der Waals surface area contributed by atoms with Crippen LogP contribution >= 0.6 is 11.8 Å². The Hall–Kier alpha value is -2.87. The molecule has 2 heterocycles. The van der Waals surface area contributed by atoms with Crippen LogP contribution in [0, 0.1) is 41.8 Å². The number of aliphatic imine (C=N–C) groups is 1. The van der Waals surface area contributed by atoms with Crippen LogP contribution in [0.1, 0.15) is 41.3 Å². The van der Waals surface area contributed by atoms with Crippen molar-refractivity contribution < 1.29 is 9.13 Å². The van der Waals surface area contributed by atoms with Crippen molar-refractivity contribution in [1.29, 1.82) is 5.26 Å². The number of aromatic nitrogens is 1. The Morgan fingerprint density at radius 1 is 1.33 bits per heavy atom. The molecule has 1 fully saturated rings. The summed E-state index contributed by atoms with van der Waals surface area (Å²) in [6.45, 7) is 4.34. The van der Waals surface area contributed by atoms with Crippen molar-refractivity contribution in [3.63, 3.8) is 0 Å². The molecule has 0 amide bonds. The number of hydrogen-bond acceptors (Lipinski definition) is 6. The lowest BCUT2D eigenvalue weighted by atomic mass is 9.85. The van der Waals surface area contributed by atoms with Crippen molar-refractivity contribution in [2.45, 2.75) is 30.6 Å². The first-order valence-electron chi connectivity index (χ1n) is 9.53. The van der Waals surface area contributed by atoms with Gasteiger partial charge in [-0.1, -0.05) is 17.7 Å². The fourth-order valence-corrected chi connectivity index (χ4v) is 5.67. The van der Waals surface area contributed by atoms with E-state index in [-0.39, 0.29) is 16.5 Å². The lowest BCUT2D eigenvalue weighted by molar-refractivity contribution is 0.184. The highest BCUT2D eigenvalue weighted by Crippen LogP contribution is 2.65. The maximum absolute atomic E-state index is 14.9. The summed E-state index contributed by atoms with van der Waals surface area (Å²) in [5.74, 6) is 5.91. The van der Waals surface area contributed by atoms with Crippen molar-refractivity contribution in [2.75, 3.05) is 13.7 Å². The largest absolute Gasteiger partial charge is 0.383 e. The van der Waals surface area contributed by atoms with E-state index in [4.69, 9.17) is 15.7 Å². The van der Waals surface area contributed by atoms with Crippen LogP contribution in [0.4, 0.5) is 4.39 Å². The number of nitrogens with zero attached hydrogens (tertiary/aromatic N) is 3. The van der Waals surface area contributed by atoms with Gasteiger partial charge in [0.15, 0.2) is 5.17 Å². The maximum Gasteiger partial charge on any atom is 0.155 e. The maximum atomic E-state index is 14.9. The first-order valence-corrected chi connectivity index (χ1v) is 10.3. The molecule has 0 saturated heterocycles. The van der Waals surface area contributed by atoms with Gasteiger partial charge in [0.2, 0.25) is 0 Å². The number of hydrogen-bond donors (Lipinski definition) is 1. The third-order valence-corrected chi connectivity index (χ3v) is 7.06. The van der Waals surface area contributed by atoms with Crippen molar-refractivity contribution in [2.24, 2.45) is 16.6 Å². The number of aryl methyl sites for hydroxylation is 1. The number of amidine groups is 1. The summed E-state index contributed by atoms with van der Waals surface area (Å²) < 4.78 is 20.2. The molecule has 2 aromatic rings. The molecule has 1 aliphatic carbocycles. The highest BCUT2D eigenvalue weighted by atomic mass is 32.2. The predicted octanol–water partition coefficient (Wildman–Crippen LogP) is 3.48. The van der Waals surface area contributed by atoms with Crippen LogP contribution in [-0.2, 0) is 10.3 Å². The van der Waals surface area contributed by atoms with Crippen molar-refractivity contribution >= 4 is 16.9 Å². The number of thioether (sulfide) groups is 1. The van der Waals surface area contributed by atoms with Gasteiger partial charge in [-0.05, 0) is 56.0 Å². The van der Waals surface area contributed by atoms with Crippen molar-refractivity contribution in [3.8, 4) is 17.9 Å². The second-order valence-corrected chi connectivity index (χ2v) is 9.34.